The van der Waals surface area contributed by atoms with Gasteiger partial charge in [0, 0.05) is 24.6 Å². The highest BCUT2D eigenvalue weighted by Gasteiger charge is 2.15. The molecule has 1 aromatic carbocycles. The molecule has 0 aliphatic rings. The Bertz CT molecular complexity index is 663. The first-order chi connectivity index (χ1) is 10.5. The first kappa shape index (κ1) is 15.7. The van der Waals surface area contributed by atoms with Crippen molar-refractivity contribution in [2.75, 3.05) is 18.9 Å². The topological polar surface area (TPSA) is 62.3 Å². The van der Waals surface area contributed by atoms with Crippen LogP contribution in [0.4, 0.5) is 5.69 Å². The van der Waals surface area contributed by atoms with E-state index in [0.717, 1.165) is 11.3 Å². The van der Waals surface area contributed by atoms with Gasteiger partial charge in [0.05, 0.1) is 12.1 Å². The third-order valence-electron chi connectivity index (χ3n) is 3.22. The van der Waals surface area contributed by atoms with Crippen LogP contribution in [-0.2, 0) is 4.79 Å². The van der Waals surface area contributed by atoms with Gasteiger partial charge in [-0.15, -0.1) is 0 Å². The molecular weight excluding hydrogens is 278 g/mol. The van der Waals surface area contributed by atoms with Crippen molar-refractivity contribution in [2.45, 2.75) is 13.8 Å². The van der Waals surface area contributed by atoms with Crippen molar-refractivity contribution >= 4 is 17.5 Å². The molecule has 0 radical (unpaired) electrons. The number of aryl methyl sites for hydroxylation is 2. The maximum Gasteiger partial charge on any atom is 0.255 e. The molecule has 22 heavy (non-hydrogen) atoms. The first-order valence-electron chi connectivity index (χ1n) is 7.00. The van der Waals surface area contributed by atoms with Crippen LogP contribution >= 0.6 is 0 Å². The number of hydrogen-bond acceptors (Lipinski definition) is 3. The van der Waals surface area contributed by atoms with E-state index in [9.17, 15) is 9.59 Å². The molecule has 1 aromatic heterocycles. The minimum atomic E-state index is -0.236. The number of carbonyl (C=O) groups excluding carboxylic acids is 2. The van der Waals surface area contributed by atoms with Crippen molar-refractivity contribution in [3.8, 4) is 0 Å². The maximum absolute atomic E-state index is 12.2. The summed E-state index contributed by atoms with van der Waals surface area (Å²) in [6.07, 6.45) is 1.52. The lowest BCUT2D eigenvalue weighted by molar-refractivity contribution is -0.116. The molecule has 0 aliphatic carbocycles. The molecule has 114 valence electrons. The minimum absolute atomic E-state index is 0.0133. The van der Waals surface area contributed by atoms with E-state index in [1.54, 1.807) is 19.2 Å². The summed E-state index contributed by atoms with van der Waals surface area (Å²) in [5.41, 5.74) is 3.15. The summed E-state index contributed by atoms with van der Waals surface area (Å²) in [5, 5.41) is 2.77. The number of rotatable bonds is 4. The highest BCUT2D eigenvalue weighted by Crippen LogP contribution is 2.09. The number of nitrogens with one attached hydrogen (secondary N) is 1. The standard InChI is InChI=1S/C17H19N3O2/c1-12-4-8-15(9-5-12)19-16(21)11-20(3)17(22)14-7-6-13(2)18-10-14/h4-10H,11H2,1-3H3,(H,19,21). The molecule has 1 heterocycles. The van der Waals surface area contributed by atoms with Gasteiger partial charge in [0.1, 0.15) is 0 Å². The normalized spacial score (nSPS) is 10.1. The van der Waals surface area contributed by atoms with Gasteiger partial charge in [0.25, 0.3) is 5.91 Å². The zero-order chi connectivity index (χ0) is 16.1. The second-order valence-electron chi connectivity index (χ2n) is 5.26. The lowest BCUT2D eigenvalue weighted by Gasteiger charge is -2.16. The maximum atomic E-state index is 12.2. The van der Waals surface area contributed by atoms with Gasteiger partial charge in [-0.2, -0.15) is 0 Å². The fourth-order valence-corrected chi connectivity index (χ4v) is 1.94. The quantitative estimate of drug-likeness (QED) is 0.942. The molecule has 5 nitrogen and oxygen atoms in total. The summed E-state index contributed by atoms with van der Waals surface area (Å²) < 4.78 is 0. The summed E-state index contributed by atoms with van der Waals surface area (Å²) in [6.45, 7) is 3.82. The molecule has 2 amide bonds. The number of aromatic nitrogens is 1. The molecule has 0 spiro atoms. The Kier molecular flexibility index (Phi) is 4.88. The summed E-state index contributed by atoms with van der Waals surface area (Å²) in [6, 6.07) is 11.0. The minimum Gasteiger partial charge on any atom is -0.332 e. The highest BCUT2D eigenvalue weighted by molar-refractivity contribution is 5.99. The molecule has 0 fully saturated rings. The van der Waals surface area contributed by atoms with Crippen LogP contribution in [-0.4, -0.2) is 35.3 Å². The Labute approximate surface area is 130 Å². The van der Waals surface area contributed by atoms with Gasteiger partial charge >= 0.3 is 0 Å². The third kappa shape index (κ3) is 4.15. The highest BCUT2D eigenvalue weighted by atomic mass is 16.2. The Morgan fingerprint density at radius 1 is 1.09 bits per heavy atom. The van der Waals surface area contributed by atoms with Gasteiger partial charge in [0.15, 0.2) is 0 Å². The Morgan fingerprint density at radius 3 is 2.36 bits per heavy atom. The van der Waals surface area contributed by atoms with E-state index < -0.39 is 0 Å². The predicted molar refractivity (Wildman–Crippen MR) is 85.7 cm³/mol. The predicted octanol–water partition coefficient (Wildman–Crippen LogP) is 2.41. The van der Waals surface area contributed by atoms with Crippen LogP contribution in [0.1, 0.15) is 21.6 Å². The lowest BCUT2D eigenvalue weighted by Crippen LogP contribution is -2.35. The van der Waals surface area contributed by atoms with Crippen LogP contribution in [0, 0.1) is 13.8 Å². The molecule has 0 saturated heterocycles. The molecule has 5 heteroatoms. The molecule has 0 unspecified atom stereocenters. The van der Waals surface area contributed by atoms with E-state index in [-0.39, 0.29) is 18.4 Å². The number of hydrogen-bond donors (Lipinski definition) is 1. The number of pyridine rings is 1. The van der Waals surface area contributed by atoms with E-state index in [2.05, 4.69) is 10.3 Å². The fraction of sp³-hybridized carbons (Fsp3) is 0.235. The van der Waals surface area contributed by atoms with Gasteiger partial charge in [-0.25, -0.2) is 0 Å². The molecule has 0 saturated carbocycles. The second kappa shape index (κ2) is 6.85. The Morgan fingerprint density at radius 2 is 1.77 bits per heavy atom. The van der Waals surface area contributed by atoms with Crippen molar-refractivity contribution in [1.29, 1.82) is 0 Å². The van der Waals surface area contributed by atoms with Crippen molar-refractivity contribution in [1.82, 2.24) is 9.88 Å². The molecule has 0 atom stereocenters. The molecular formula is C17H19N3O2. The zero-order valence-electron chi connectivity index (χ0n) is 13.0. The number of nitrogens with zero attached hydrogens (tertiary/aromatic N) is 2. The summed E-state index contributed by atoms with van der Waals surface area (Å²) in [7, 11) is 1.59. The van der Waals surface area contributed by atoms with Crippen molar-refractivity contribution < 1.29 is 9.59 Å². The summed E-state index contributed by atoms with van der Waals surface area (Å²) in [5.74, 6) is -0.466. The number of benzene rings is 1. The van der Waals surface area contributed by atoms with Crippen LogP contribution in [0.15, 0.2) is 42.6 Å². The molecule has 2 aromatic rings. The van der Waals surface area contributed by atoms with E-state index in [0.29, 0.717) is 11.3 Å². The molecule has 0 bridgehead atoms. The summed E-state index contributed by atoms with van der Waals surface area (Å²) >= 11 is 0. The number of anilines is 1. The van der Waals surface area contributed by atoms with Gasteiger partial charge in [-0.1, -0.05) is 17.7 Å². The molecule has 1 N–H and O–H groups in total. The monoisotopic (exact) mass is 297 g/mol. The summed E-state index contributed by atoms with van der Waals surface area (Å²) in [4.78, 5) is 29.6. The van der Waals surface area contributed by atoms with Crippen LogP contribution in [0.3, 0.4) is 0 Å². The van der Waals surface area contributed by atoms with Crippen molar-refractivity contribution in [3.63, 3.8) is 0 Å². The molecule has 2 rings (SSSR count). The van der Waals surface area contributed by atoms with Crippen LogP contribution in [0.25, 0.3) is 0 Å². The van der Waals surface area contributed by atoms with Crippen LogP contribution < -0.4 is 5.32 Å². The smallest absolute Gasteiger partial charge is 0.255 e. The molecule has 0 aliphatic heterocycles. The average molecular weight is 297 g/mol. The SMILES string of the molecule is Cc1ccc(NC(=O)CN(C)C(=O)c2ccc(C)nc2)cc1. The number of carbonyl (C=O) groups is 2. The lowest BCUT2D eigenvalue weighted by atomic mass is 10.2. The van der Waals surface area contributed by atoms with Crippen molar-refractivity contribution in [3.05, 3.63) is 59.4 Å². The van der Waals surface area contributed by atoms with Gasteiger partial charge in [-0.3, -0.25) is 14.6 Å². The van der Waals surface area contributed by atoms with Crippen LogP contribution in [0.5, 0.6) is 0 Å². The first-order valence-corrected chi connectivity index (χ1v) is 7.00. The largest absolute Gasteiger partial charge is 0.332 e. The Balaban J connectivity index is 1.94. The van der Waals surface area contributed by atoms with E-state index in [1.807, 2.05) is 38.1 Å². The number of amides is 2. The van der Waals surface area contributed by atoms with E-state index in [1.165, 1.54) is 11.1 Å². The van der Waals surface area contributed by atoms with Gasteiger partial charge in [-0.05, 0) is 38.1 Å². The van der Waals surface area contributed by atoms with Crippen molar-refractivity contribution in [2.24, 2.45) is 0 Å². The third-order valence-corrected chi connectivity index (χ3v) is 3.22. The second-order valence-corrected chi connectivity index (χ2v) is 5.26. The van der Waals surface area contributed by atoms with Crippen LogP contribution in [0.2, 0.25) is 0 Å². The number of likely N-dealkylation sites (N-methyl/N-ethyl adjacent to an activating group) is 1. The zero-order valence-corrected chi connectivity index (χ0v) is 13.0. The Hall–Kier alpha value is -2.69. The van der Waals surface area contributed by atoms with E-state index in [4.69, 9.17) is 0 Å². The fourth-order valence-electron chi connectivity index (χ4n) is 1.94. The average Bonchev–Trinajstić information content (AvgIpc) is 2.49. The van der Waals surface area contributed by atoms with Gasteiger partial charge < -0.3 is 10.2 Å². The van der Waals surface area contributed by atoms with E-state index >= 15 is 0 Å². The van der Waals surface area contributed by atoms with Gasteiger partial charge in [0.2, 0.25) is 5.91 Å².